The van der Waals surface area contributed by atoms with Gasteiger partial charge in [0.1, 0.15) is 16.5 Å². The van der Waals surface area contributed by atoms with Crippen molar-refractivity contribution in [1.29, 1.82) is 0 Å². The van der Waals surface area contributed by atoms with Gasteiger partial charge in [-0.3, -0.25) is 4.98 Å². The number of hydrogen-bond donors (Lipinski definition) is 1. The molecule has 0 unspecified atom stereocenters. The summed E-state index contributed by atoms with van der Waals surface area (Å²) in [6, 6.07) is 11.8. The minimum Gasteiger partial charge on any atom is -0.406 e. The van der Waals surface area contributed by atoms with Crippen molar-refractivity contribution >= 4 is 26.9 Å². The van der Waals surface area contributed by atoms with Gasteiger partial charge < -0.3 is 10.5 Å². The molecule has 34 heavy (non-hydrogen) atoms. The fraction of sp³-hybridized carbons (Fsp3) is 0.136. The molecule has 0 fully saturated rings. The van der Waals surface area contributed by atoms with Crippen LogP contribution < -0.4 is 10.5 Å². The molecule has 2 N–H and O–H groups in total. The lowest BCUT2D eigenvalue weighted by Gasteiger charge is -2.14. The number of nitrogens with two attached hydrogens (primary N) is 1. The minimum atomic E-state index is -4.82. The zero-order valence-corrected chi connectivity index (χ0v) is 18.7. The van der Waals surface area contributed by atoms with E-state index < -0.39 is 16.4 Å². The third-order valence-corrected chi connectivity index (χ3v) is 6.74. The van der Waals surface area contributed by atoms with E-state index in [-0.39, 0.29) is 16.5 Å². The Morgan fingerprint density at radius 3 is 2.47 bits per heavy atom. The predicted molar refractivity (Wildman–Crippen MR) is 120 cm³/mol. The highest BCUT2D eigenvalue weighted by molar-refractivity contribution is 7.89. The van der Waals surface area contributed by atoms with Gasteiger partial charge in [-0.25, -0.2) is 22.7 Å². The Labute approximate surface area is 192 Å². The van der Waals surface area contributed by atoms with Crippen LogP contribution in [0.5, 0.6) is 5.75 Å². The number of anilines is 1. The molecule has 0 saturated heterocycles. The first-order chi connectivity index (χ1) is 16.0. The van der Waals surface area contributed by atoms with Crippen molar-refractivity contribution in [2.45, 2.75) is 11.3 Å². The van der Waals surface area contributed by atoms with Crippen molar-refractivity contribution < 1.29 is 26.3 Å². The molecule has 0 spiro atoms. The van der Waals surface area contributed by atoms with Gasteiger partial charge in [0.25, 0.3) is 0 Å². The molecule has 0 amide bonds. The molecule has 4 rings (SSSR count). The van der Waals surface area contributed by atoms with Crippen LogP contribution in [0, 0.1) is 0 Å². The molecule has 3 heterocycles. The van der Waals surface area contributed by atoms with Crippen LogP contribution in [0.4, 0.5) is 19.0 Å². The van der Waals surface area contributed by atoms with Crippen LogP contribution in [-0.4, -0.2) is 48.1 Å². The van der Waals surface area contributed by atoms with Crippen molar-refractivity contribution in [1.82, 2.24) is 19.3 Å². The molecule has 0 aliphatic heterocycles. The molecular formula is C22H18F3N5O3S. The van der Waals surface area contributed by atoms with Crippen LogP contribution in [0.15, 0.2) is 65.8 Å². The number of aromatic nitrogens is 3. The summed E-state index contributed by atoms with van der Waals surface area (Å²) in [6.07, 6.45) is -1.91. The van der Waals surface area contributed by atoms with Crippen LogP contribution in [0.3, 0.4) is 0 Å². The van der Waals surface area contributed by atoms with Gasteiger partial charge in [0, 0.05) is 37.6 Å². The number of rotatable bonds is 5. The number of ether oxygens (including phenoxy) is 1. The number of benzene rings is 1. The molecule has 12 heteroatoms. The summed E-state index contributed by atoms with van der Waals surface area (Å²) < 4.78 is 68.2. The molecule has 0 atom stereocenters. The lowest BCUT2D eigenvalue weighted by molar-refractivity contribution is -0.274. The number of pyridine rings is 3. The fourth-order valence-electron chi connectivity index (χ4n) is 3.28. The molecule has 0 bridgehead atoms. The molecular weight excluding hydrogens is 471 g/mol. The van der Waals surface area contributed by atoms with Gasteiger partial charge in [0.15, 0.2) is 0 Å². The van der Waals surface area contributed by atoms with Crippen LogP contribution in [0.25, 0.3) is 33.4 Å². The van der Waals surface area contributed by atoms with Gasteiger partial charge in [-0.2, -0.15) is 0 Å². The predicted octanol–water partition coefficient (Wildman–Crippen LogP) is 4.09. The minimum absolute atomic E-state index is 0.151. The summed E-state index contributed by atoms with van der Waals surface area (Å²) in [5.41, 5.74) is 8.42. The molecule has 0 aliphatic carbocycles. The maximum Gasteiger partial charge on any atom is 0.573 e. The van der Waals surface area contributed by atoms with E-state index in [1.165, 1.54) is 50.8 Å². The fourth-order valence-corrected chi connectivity index (χ4v) is 4.26. The Kier molecular flexibility index (Phi) is 5.87. The second kappa shape index (κ2) is 8.54. The van der Waals surface area contributed by atoms with E-state index in [1.54, 1.807) is 24.3 Å². The largest absolute Gasteiger partial charge is 0.573 e. The standard InChI is InChI=1S/C22H18F3N5O3S/c1-30(2)34(31,32)19-11-14(12-28-21(19)26)17-6-7-18-20(29-17)16(8-9-27-18)13-4-3-5-15(10-13)33-22(23,24)25/h3-12H,1-2H3,(H2,26,28). The van der Waals surface area contributed by atoms with Gasteiger partial charge in [0.05, 0.1) is 16.7 Å². The van der Waals surface area contributed by atoms with Crippen LogP contribution in [0.1, 0.15) is 0 Å². The number of alkyl halides is 3. The quantitative estimate of drug-likeness (QED) is 0.449. The van der Waals surface area contributed by atoms with E-state index in [1.807, 2.05) is 0 Å². The van der Waals surface area contributed by atoms with E-state index in [2.05, 4.69) is 19.7 Å². The van der Waals surface area contributed by atoms with E-state index in [0.29, 0.717) is 33.4 Å². The number of nitrogen functional groups attached to an aromatic ring is 1. The molecule has 0 aliphatic rings. The molecule has 3 aromatic heterocycles. The average molecular weight is 489 g/mol. The molecule has 1 aromatic carbocycles. The number of halogens is 3. The Hall–Kier alpha value is -3.77. The number of sulfonamides is 1. The molecule has 176 valence electrons. The third-order valence-electron chi connectivity index (χ3n) is 4.90. The molecule has 0 saturated carbocycles. The van der Waals surface area contributed by atoms with Crippen molar-refractivity contribution in [2.24, 2.45) is 0 Å². The summed E-state index contributed by atoms with van der Waals surface area (Å²) in [4.78, 5) is 12.7. The molecule has 0 radical (unpaired) electrons. The lowest BCUT2D eigenvalue weighted by atomic mass is 10.0. The van der Waals surface area contributed by atoms with Gasteiger partial charge >= 0.3 is 6.36 Å². The topological polar surface area (TPSA) is 111 Å². The van der Waals surface area contributed by atoms with Crippen molar-refractivity contribution in [3.63, 3.8) is 0 Å². The van der Waals surface area contributed by atoms with E-state index in [0.717, 1.165) is 4.31 Å². The summed E-state index contributed by atoms with van der Waals surface area (Å²) in [7, 11) is -1.09. The first-order valence-electron chi connectivity index (χ1n) is 9.76. The van der Waals surface area contributed by atoms with Gasteiger partial charge in [0.2, 0.25) is 10.0 Å². The first-order valence-corrected chi connectivity index (χ1v) is 11.2. The second-order valence-corrected chi connectivity index (χ2v) is 9.51. The molecule has 8 nitrogen and oxygen atoms in total. The zero-order chi connectivity index (χ0) is 24.7. The highest BCUT2D eigenvalue weighted by Gasteiger charge is 2.31. The number of hydrogen-bond acceptors (Lipinski definition) is 7. The van der Waals surface area contributed by atoms with Crippen LogP contribution in [0.2, 0.25) is 0 Å². The Balaban J connectivity index is 1.84. The monoisotopic (exact) mass is 489 g/mol. The second-order valence-electron chi connectivity index (χ2n) is 7.39. The normalized spacial score (nSPS) is 12.3. The zero-order valence-electron chi connectivity index (χ0n) is 17.9. The molecule has 4 aromatic rings. The number of fused-ring (bicyclic) bond motifs is 1. The van der Waals surface area contributed by atoms with Crippen LogP contribution >= 0.6 is 0 Å². The highest BCUT2D eigenvalue weighted by Crippen LogP contribution is 2.33. The third kappa shape index (κ3) is 4.63. The SMILES string of the molecule is CN(C)S(=O)(=O)c1cc(-c2ccc3nccc(-c4cccc(OC(F)(F)F)c4)c3n2)cnc1N. The average Bonchev–Trinajstić information content (AvgIpc) is 2.77. The maximum absolute atomic E-state index is 12.7. The Morgan fingerprint density at radius 1 is 1.00 bits per heavy atom. The van der Waals surface area contributed by atoms with Gasteiger partial charge in [-0.05, 0) is 42.0 Å². The summed E-state index contributed by atoms with van der Waals surface area (Å²) in [5.74, 6) is -0.519. The summed E-state index contributed by atoms with van der Waals surface area (Å²) >= 11 is 0. The van der Waals surface area contributed by atoms with Crippen molar-refractivity contribution in [2.75, 3.05) is 19.8 Å². The smallest absolute Gasteiger partial charge is 0.406 e. The van der Waals surface area contributed by atoms with Gasteiger partial charge in [-0.15, -0.1) is 13.2 Å². The van der Waals surface area contributed by atoms with Crippen LogP contribution in [-0.2, 0) is 10.0 Å². The van der Waals surface area contributed by atoms with Gasteiger partial charge in [-0.1, -0.05) is 12.1 Å². The number of nitrogens with zero attached hydrogens (tertiary/aromatic N) is 4. The maximum atomic E-state index is 12.7. The van der Waals surface area contributed by atoms with E-state index >= 15 is 0 Å². The van der Waals surface area contributed by atoms with E-state index in [9.17, 15) is 21.6 Å². The summed E-state index contributed by atoms with van der Waals surface area (Å²) in [5, 5.41) is 0. The van der Waals surface area contributed by atoms with E-state index in [4.69, 9.17) is 5.73 Å². The Bertz CT molecular complexity index is 1490. The first kappa shape index (κ1) is 23.4. The summed E-state index contributed by atoms with van der Waals surface area (Å²) in [6.45, 7) is 0. The lowest BCUT2D eigenvalue weighted by Crippen LogP contribution is -2.23. The highest BCUT2D eigenvalue weighted by atomic mass is 32.2. The van der Waals surface area contributed by atoms with Crippen molar-refractivity contribution in [3.8, 4) is 28.1 Å². The Morgan fingerprint density at radius 2 is 1.76 bits per heavy atom. The van der Waals surface area contributed by atoms with Crippen molar-refractivity contribution in [3.05, 3.63) is 60.9 Å².